The van der Waals surface area contributed by atoms with E-state index in [1.165, 1.54) is 6.20 Å². The summed E-state index contributed by atoms with van der Waals surface area (Å²) >= 11 is 0. The summed E-state index contributed by atoms with van der Waals surface area (Å²) in [5.74, 6) is 0.180. The molecule has 138 valence electrons. The third kappa shape index (κ3) is 3.52. The minimum absolute atomic E-state index is 0.0829. The third-order valence-electron chi connectivity index (χ3n) is 4.22. The topological polar surface area (TPSA) is 90.1 Å². The minimum atomic E-state index is -0.482. The second kappa shape index (κ2) is 7.16. The molecule has 0 radical (unpaired) electrons. The van der Waals surface area contributed by atoms with E-state index >= 15 is 0 Å². The number of ether oxygens (including phenoxy) is 1. The molecule has 1 N–H and O–H groups in total. The van der Waals surface area contributed by atoms with Crippen molar-refractivity contribution in [3.63, 3.8) is 0 Å². The standard InChI is InChI=1S/C19H19N5O3/c1-12-8-13(2)24-18(22-12)16(10-21-24)19(25)26-11-15-9-20-17(23-27-15)14-6-4-3-5-7-14/h3-8,10,15H,9,11H2,1-2H3,(H,20,23)/t15-/m1/s1. The number of aliphatic imine (C=N–C) groups is 1. The zero-order chi connectivity index (χ0) is 18.8. The molecule has 0 spiro atoms. The lowest BCUT2D eigenvalue weighted by Crippen LogP contribution is -2.40. The second-order valence-electron chi connectivity index (χ2n) is 6.33. The summed E-state index contributed by atoms with van der Waals surface area (Å²) in [6.07, 6.45) is 1.11. The molecule has 1 aliphatic heterocycles. The summed E-state index contributed by atoms with van der Waals surface area (Å²) in [5, 5.41) is 4.21. The molecule has 0 saturated heterocycles. The smallest absolute Gasteiger partial charge is 0.343 e. The van der Waals surface area contributed by atoms with E-state index in [-0.39, 0.29) is 12.7 Å². The van der Waals surface area contributed by atoms with Crippen molar-refractivity contribution in [1.29, 1.82) is 0 Å². The van der Waals surface area contributed by atoms with Crippen LogP contribution in [0.25, 0.3) is 5.65 Å². The summed E-state index contributed by atoms with van der Waals surface area (Å²) in [6, 6.07) is 11.6. The number of nitrogens with zero attached hydrogens (tertiary/aromatic N) is 4. The average molecular weight is 365 g/mol. The monoisotopic (exact) mass is 365 g/mol. The molecule has 0 saturated carbocycles. The molecule has 0 bridgehead atoms. The van der Waals surface area contributed by atoms with Crippen LogP contribution >= 0.6 is 0 Å². The van der Waals surface area contributed by atoms with Crippen molar-refractivity contribution in [3.05, 3.63) is 65.1 Å². The maximum absolute atomic E-state index is 12.4. The Morgan fingerprint density at radius 2 is 2.15 bits per heavy atom. The molecule has 3 aromatic rings. The number of fused-ring (bicyclic) bond motifs is 1. The van der Waals surface area contributed by atoms with E-state index in [0.29, 0.717) is 23.6 Å². The van der Waals surface area contributed by atoms with Crippen molar-refractivity contribution in [2.24, 2.45) is 4.99 Å². The highest BCUT2D eigenvalue weighted by Crippen LogP contribution is 2.14. The lowest BCUT2D eigenvalue weighted by Gasteiger charge is -2.22. The van der Waals surface area contributed by atoms with Crippen molar-refractivity contribution in [2.45, 2.75) is 20.0 Å². The van der Waals surface area contributed by atoms with Gasteiger partial charge in [0.15, 0.2) is 11.5 Å². The Morgan fingerprint density at radius 3 is 2.89 bits per heavy atom. The number of benzene rings is 1. The van der Waals surface area contributed by atoms with Gasteiger partial charge in [-0.25, -0.2) is 19.8 Å². The largest absolute Gasteiger partial charge is 0.459 e. The molecular formula is C19H19N5O3. The number of amidine groups is 1. The first kappa shape index (κ1) is 17.2. The Bertz CT molecular complexity index is 1010. The van der Waals surface area contributed by atoms with Crippen LogP contribution in [0.1, 0.15) is 27.3 Å². The van der Waals surface area contributed by atoms with Crippen molar-refractivity contribution >= 4 is 17.5 Å². The van der Waals surface area contributed by atoms with Gasteiger partial charge in [-0.1, -0.05) is 30.3 Å². The molecule has 8 nitrogen and oxygen atoms in total. The number of hydroxylamine groups is 1. The van der Waals surface area contributed by atoms with Gasteiger partial charge in [0.05, 0.1) is 12.7 Å². The van der Waals surface area contributed by atoms with Gasteiger partial charge < -0.3 is 4.74 Å². The van der Waals surface area contributed by atoms with Crippen LogP contribution < -0.4 is 5.48 Å². The molecule has 8 heteroatoms. The highest BCUT2D eigenvalue weighted by Gasteiger charge is 2.22. The Morgan fingerprint density at radius 1 is 1.33 bits per heavy atom. The third-order valence-corrected chi connectivity index (χ3v) is 4.22. The Hall–Kier alpha value is -3.26. The first-order chi connectivity index (χ1) is 13.1. The summed E-state index contributed by atoms with van der Waals surface area (Å²) in [4.78, 5) is 26.8. The van der Waals surface area contributed by atoms with E-state index in [1.807, 2.05) is 50.2 Å². The van der Waals surface area contributed by atoms with Gasteiger partial charge in [-0.05, 0) is 19.9 Å². The summed E-state index contributed by atoms with van der Waals surface area (Å²) in [6.45, 7) is 4.27. The lowest BCUT2D eigenvalue weighted by molar-refractivity contribution is -0.0348. The normalized spacial score (nSPS) is 16.7. The fourth-order valence-electron chi connectivity index (χ4n) is 2.90. The second-order valence-corrected chi connectivity index (χ2v) is 6.33. The van der Waals surface area contributed by atoms with Gasteiger partial charge in [0.1, 0.15) is 18.3 Å². The number of nitrogens with one attached hydrogen (secondary N) is 1. The van der Waals surface area contributed by atoms with Gasteiger partial charge in [-0.3, -0.25) is 9.83 Å². The lowest BCUT2D eigenvalue weighted by atomic mass is 10.2. The van der Waals surface area contributed by atoms with Crippen LogP contribution in [0.4, 0.5) is 0 Å². The predicted octanol–water partition coefficient (Wildman–Crippen LogP) is 1.85. The van der Waals surface area contributed by atoms with Crippen LogP contribution in [0.5, 0.6) is 0 Å². The molecule has 4 rings (SSSR count). The maximum Gasteiger partial charge on any atom is 0.343 e. The molecule has 0 aliphatic carbocycles. The van der Waals surface area contributed by atoms with Crippen molar-refractivity contribution in [3.8, 4) is 0 Å². The van der Waals surface area contributed by atoms with Gasteiger partial charge in [-0.15, -0.1) is 0 Å². The Kier molecular flexibility index (Phi) is 4.55. The molecule has 0 fully saturated rings. The molecule has 2 aromatic heterocycles. The van der Waals surface area contributed by atoms with E-state index < -0.39 is 5.97 Å². The highest BCUT2D eigenvalue weighted by molar-refractivity contribution is 5.98. The number of aromatic nitrogens is 3. The SMILES string of the molecule is Cc1cc(C)n2ncc(C(=O)OC[C@H]3CN=C(c4ccccc4)NO3)c2n1. The van der Waals surface area contributed by atoms with Crippen LogP contribution in [0, 0.1) is 13.8 Å². The van der Waals surface area contributed by atoms with Crippen LogP contribution in [-0.2, 0) is 9.57 Å². The number of rotatable bonds is 4. The van der Waals surface area contributed by atoms with Gasteiger partial charge in [-0.2, -0.15) is 5.10 Å². The number of carbonyl (C=O) groups excluding carboxylic acids is 1. The molecule has 0 unspecified atom stereocenters. The van der Waals surface area contributed by atoms with Crippen LogP contribution in [-0.4, -0.2) is 45.7 Å². The van der Waals surface area contributed by atoms with E-state index in [0.717, 1.165) is 17.0 Å². The number of hydrogen-bond acceptors (Lipinski definition) is 7. The van der Waals surface area contributed by atoms with E-state index in [1.54, 1.807) is 4.52 Å². The average Bonchev–Trinajstić information content (AvgIpc) is 3.11. The van der Waals surface area contributed by atoms with Gasteiger partial charge in [0, 0.05) is 17.0 Å². The quantitative estimate of drug-likeness (QED) is 0.710. The van der Waals surface area contributed by atoms with Crippen LogP contribution in [0.15, 0.2) is 47.6 Å². The van der Waals surface area contributed by atoms with Gasteiger partial charge >= 0.3 is 5.97 Å². The van der Waals surface area contributed by atoms with Crippen LogP contribution in [0.3, 0.4) is 0 Å². The number of hydrogen-bond donors (Lipinski definition) is 1. The molecule has 0 amide bonds. The van der Waals surface area contributed by atoms with E-state index in [9.17, 15) is 4.79 Å². The zero-order valence-electron chi connectivity index (χ0n) is 15.0. The highest BCUT2D eigenvalue weighted by atomic mass is 16.7. The molecule has 1 atom stereocenters. The molecule has 1 aromatic carbocycles. The molecule has 27 heavy (non-hydrogen) atoms. The van der Waals surface area contributed by atoms with Gasteiger partial charge in [0.2, 0.25) is 0 Å². The Labute approximate surface area is 155 Å². The molecule has 1 aliphatic rings. The van der Waals surface area contributed by atoms with E-state index in [4.69, 9.17) is 9.57 Å². The first-order valence-electron chi connectivity index (χ1n) is 8.62. The van der Waals surface area contributed by atoms with E-state index in [2.05, 4.69) is 20.6 Å². The molecule has 3 heterocycles. The number of aryl methyl sites for hydroxylation is 2. The zero-order valence-corrected chi connectivity index (χ0v) is 15.0. The minimum Gasteiger partial charge on any atom is -0.459 e. The number of carbonyl (C=O) groups is 1. The summed E-state index contributed by atoms with van der Waals surface area (Å²) in [5.41, 5.74) is 6.30. The fraction of sp³-hybridized carbons (Fsp3) is 0.263. The van der Waals surface area contributed by atoms with Crippen molar-refractivity contribution < 1.29 is 14.4 Å². The van der Waals surface area contributed by atoms with Gasteiger partial charge in [0.25, 0.3) is 0 Å². The van der Waals surface area contributed by atoms with Crippen LogP contribution in [0.2, 0.25) is 0 Å². The fourth-order valence-corrected chi connectivity index (χ4v) is 2.90. The predicted molar refractivity (Wildman–Crippen MR) is 98.6 cm³/mol. The van der Waals surface area contributed by atoms with Crippen molar-refractivity contribution in [1.82, 2.24) is 20.1 Å². The first-order valence-corrected chi connectivity index (χ1v) is 8.62. The van der Waals surface area contributed by atoms with Crippen molar-refractivity contribution in [2.75, 3.05) is 13.2 Å². The Balaban J connectivity index is 1.40. The summed E-state index contributed by atoms with van der Waals surface area (Å²) < 4.78 is 7.01. The maximum atomic E-state index is 12.4. The molecular weight excluding hydrogens is 346 g/mol. The number of esters is 1. The summed E-state index contributed by atoms with van der Waals surface area (Å²) in [7, 11) is 0.